The van der Waals surface area contributed by atoms with Crippen LogP contribution >= 0.6 is 11.6 Å². The first-order valence-corrected chi connectivity index (χ1v) is 8.36. The fourth-order valence-electron chi connectivity index (χ4n) is 2.35. The van der Waals surface area contributed by atoms with Gasteiger partial charge in [0.05, 0.1) is 24.6 Å². The molecule has 2 aromatic carbocycles. The Morgan fingerprint density at radius 3 is 2.42 bits per heavy atom. The van der Waals surface area contributed by atoms with Crippen molar-refractivity contribution in [1.82, 2.24) is 4.98 Å². The number of amides is 1. The van der Waals surface area contributed by atoms with Gasteiger partial charge >= 0.3 is 0 Å². The molecule has 132 valence electrons. The number of hydrogen-bond acceptors (Lipinski definition) is 4. The molecule has 0 spiro atoms. The SMILES string of the molecule is COc1ccc(Nc2cncc(C(=O)Nc3ccc(C)c(Cl)c3)c2)cc1. The van der Waals surface area contributed by atoms with Crippen LogP contribution in [-0.4, -0.2) is 18.0 Å². The summed E-state index contributed by atoms with van der Waals surface area (Å²) >= 11 is 6.10. The van der Waals surface area contributed by atoms with Crippen molar-refractivity contribution < 1.29 is 9.53 Å². The number of aryl methyl sites for hydroxylation is 1. The molecule has 2 N–H and O–H groups in total. The van der Waals surface area contributed by atoms with Crippen LogP contribution < -0.4 is 15.4 Å². The molecule has 0 atom stereocenters. The van der Waals surface area contributed by atoms with Gasteiger partial charge in [0.2, 0.25) is 0 Å². The van der Waals surface area contributed by atoms with Crippen molar-refractivity contribution in [2.24, 2.45) is 0 Å². The normalized spacial score (nSPS) is 10.3. The van der Waals surface area contributed by atoms with E-state index in [2.05, 4.69) is 15.6 Å². The number of hydrogen-bond donors (Lipinski definition) is 2. The number of aromatic nitrogens is 1. The molecule has 1 heterocycles. The van der Waals surface area contributed by atoms with Crippen LogP contribution in [0.2, 0.25) is 5.02 Å². The topological polar surface area (TPSA) is 63.2 Å². The summed E-state index contributed by atoms with van der Waals surface area (Å²) in [6.45, 7) is 1.91. The molecule has 3 aromatic rings. The Hall–Kier alpha value is -3.05. The Kier molecular flexibility index (Phi) is 5.39. The molecule has 5 nitrogen and oxygen atoms in total. The maximum absolute atomic E-state index is 12.5. The molecule has 6 heteroatoms. The third kappa shape index (κ3) is 4.32. The van der Waals surface area contributed by atoms with Crippen molar-refractivity contribution in [3.05, 3.63) is 77.1 Å². The average Bonchev–Trinajstić information content (AvgIpc) is 2.65. The maximum atomic E-state index is 12.5. The lowest BCUT2D eigenvalue weighted by molar-refractivity contribution is 0.102. The number of nitrogens with one attached hydrogen (secondary N) is 2. The number of nitrogens with zero attached hydrogens (tertiary/aromatic N) is 1. The van der Waals surface area contributed by atoms with Crippen molar-refractivity contribution in [1.29, 1.82) is 0 Å². The number of anilines is 3. The fourth-order valence-corrected chi connectivity index (χ4v) is 2.53. The van der Waals surface area contributed by atoms with Gasteiger partial charge in [-0.1, -0.05) is 17.7 Å². The van der Waals surface area contributed by atoms with Crippen LogP contribution in [0.3, 0.4) is 0 Å². The van der Waals surface area contributed by atoms with E-state index >= 15 is 0 Å². The van der Waals surface area contributed by atoms with Crippen LogP contribution in [0.4, 0.5) is 17.1 Å². The van der Waals surface area contributed by atoms with E-state index in [-0.39, 0.29) is 5.91 Å². The Morgan fingerprint density at radius 2 is 1.73 bits per heavy atom. The number of methoxy groups -OCH3 is 1. The quantitative estimate of drug-likeness (QED) is 0.662. The molecular formula is C20H18ClN3O2. The summed E-state index contributed by atoms with van der Waals surface area (Å²) in [6, 6.07) is 14.6. The minimum atomic E-state index is -0.254. The summed E-state index contributed by atoms with van der Waals surface area (Å²) in [6.07, 6.45) is 3.17. The summed E-state index contributed by atoms with van der Waals surface area (Å²) in [5, 5.41) is 6.64. The third-order valence-corrected chi connectivity index (χ3v) is 4.22. The molecule has 3 rings (SSSR count). The standard InChI is InChI=1S/C20H18ClN3O2/c1-13-3-4-16(10-19(13)21)24-20(25)14-9-17(12-22-11-14)23-15-5-7-18(26-2)8-6-15/h3-12,23H,1-2H3,(H,24,25). The minimum Gasteiger partial charge on any atom is -0.497 e. The first-order valence-electron chi connectivity index (χ1n) is 7.99. The first-order chi connectivity index (χ1) is 12.5. The molecule has 1 amide bonds. The molecule has 0 unspecified atom stereocenters. The van der Waals surface area contributed by atoms with Crippen molar-refractivity contribution in [3.63, 3.8) is 0 Å². The van der Waals surface area contributed by atoms with E-state index in [1.807, 2.05) is 43.3 Å². The highest BCUT2D eigenvalue weighted by atomic mass is 35.5. The predicted molar refractivity (Wildman–Crippen MR) is 105 cm³/mol. The number of rotatable bonds is 5. The molecule has 0 radical (unpaired) electrons. The zero-order valence-electron chi connectivity index (χ0n) is 14.4. The lowest BCUT2D eigenvalue weighted by Crippen LogP contribution is -2.12. The van der Waals surface area contributed by atoms with Crippen molar-refractivity contribution in [2.75, 3.05) is 17.7 Å². The Labute approximate surface area is 157 Å². The van der Waals surface area contributed by atoms with Gasteiger partial charge in [0.1, 0.15) is 5.75 Å². The molecule has 0 saturated carbocycles. The molecule has 0 aliphatic heterocycles. The van der Waals surface area contributed by atoms with Crippen LogP contribution in [0.15, 0.2) is 60.9 Å². The van der Waals surface area contributed by atoms with E-state index < -0.39 is 0 Å². The van der Waals surface area contributed by atoms with Gasteiger partial charge in [0, 0.05) is 22.6 Å². The zero-order valence-corrected chi connectivity index (χ0v) is 15.2. The van der Waals surface area contributed by atoms with E-state index in [1.54, 1.807) is 25.4 Å². The van der Waals surface area contributed by atoms with Gasteiger partial charge in [-0.15, -0.1) is 0 Å². The second-order valence-corrected chi connectivity index (χ2v) is 6.14. The second-order valence-electron chi connectivity index (χ2n) is 5.73. The van der Waals surface area contributed by atoms with Gasteiger partial charge in [0.15, 0.2) is 0 Å². The van der Waals surface area contributed by atoms with Crippen LogP contribution in [0.1, 0.15) is 15.9 Å². The zero-order chi connectivity index (χ0) is 18.5. The summed E-state index contributed by atoms with van der Waals surface area (Å²) in [5.41, 5.74) is 3.62. The number of ether oxygens (including phenoxy) is 1. The highest BCUT2D eigenvalue weighted by Gasteiger charge is 2.09. The Morgan fingerprint density at radius 1 is 1.00 bits per heavy atom. The fraction of sp³-hybridized carbons (Fsp3) is 0.100. The largest absolute Gasteiger partial charge is 0.497 e. The second kappa shape index (κ2) is 7.89. The summed E-state index contributed by atoms with van der Waals surface area (Å²) in [4.78, 5) is 16.6. The van der Waals surface area contributed by atoms with Crippen LogP contribution in [-0.2, 0) is 0 Å². The molecule has 0 bridgehead atoms. The number of halogens is 1. The lowest BCUT2D eigenvalue weighted by atomic mass is 10.2. The number of benzene rings is 2. The van der Waals surface area contributed by atoms with E-state index in [0.29, 0.717) is 22.0 Å². The van der Waals surface area contributed by atoms with Crippen molar-refractivity contribution in [3.8, 4) is 5.75 Å². The molecule has 0 fully saturated rings. The van der Waals surface area contributed by atoms with Gasteiger partial charge in [-0.3, -0.25) is 9.78 Å². The van der Waals surface area contributed by atoms with Crippen molar-refractivity contribution >= 4 is 34.6 Å². The van der Waals surface area contributed by atoms with Crippen LogP contribution in [0.5, 0.6) is 5.75 Å². The van der Waals surface area contributed by atoms with E-state index in [0.717, 1.165) is 17.0 Å². The molecule has 0 saturated heterocycles. The first kappa shape index (κ1) is 17.8. The van der Waals surface area contributed by atoms with Gasteiger partial charge in [0.25, 0.3) is 5.91 Å². The van der Waals surface area contributed by atoms with E-state index in [9.17, 15) is 4.79 Å². The third-order valence-electron chi connectivity index (χ3n) is 3.81. The molecule has 26 heavy (non-hydrogen) atoms. The highest BCUT2D eigenvalue weighted by molar-refractivity contribution is 6.31. The minimum absolute atomic E-state index is 0.254. The van der Waals surface area contributed by atoms with E-state index in [4.69, 9.17) is 16.3 Å². The predicted octanol–water partition coefficient (Wildman–Crippen LogP) is 5.05. The molecule has 0 aliphatic carbocycles. The number of carbonyl (C=O) groups excluding carboxylic acids is 1. The highest BCUT2D eigenvalue weighted by Crippen LogP contribution is 2.22. The summed E-state index contributed by atoms with van der Waals surface area (Å²) < 4.78 is 5.14. The smallest absolute Gasteiger partial charge is 0.257 e. The Balaban J connectivity index is 1.73. The van der Waals surface area contributed by atoms with Crippen LogP contribution in [0.25, 0.3) is 0 Å². The van der Waals surface area contributed by atoms with Gasteiger partial charge in [-0.2, -0.15) is 0 Å². The van der Waals surface area contributed by atoms with Gasteiger partial charge in [-0.25, -0.2) is 0 Å². The van der Waals surface area contributed by atoms with E-state index in [1.165, 1.54) is 6.20 Å². The molecular weight excluding hydrogens is 350 g/mol. The average molecular weight is 368 g/mol. The van der Waals surface area contributed by atoms with Gasteiger partial charge in [-0.05, 0) is 55.0 Å². The summed E-state index contributed by atoms with van der Waals surface area (Å²) in [5.74, 6) is 0.523. The molecule has 1 aromatic heterocycles. The Bertz CT molecular complexity index is 927. The summed E-state index contributed by atoms with van der Waals surface area (Å²) in [7, 11) is 1.62. The lowest BCUT2D eigenvalue weighted by Gasteiger charge is -2.10. The number of carbonyl (C=O) groups is 1. The molecule has 0 aliphatic rings. The van der Waals surface area contributed by atoms with Crippen LogP contribution in [0, 0.1) is 6.92 Å². The number of pyridine rings is 1. The van der Waals surface area contributed by atoms with Gasteiger partial charge < -0.3 is 15.4 Å². The maximum Gasteiger partial charge on any atom is 0.257 e. The monoisotopic (exact) mass is 367 g/mol. The van der Waals surface area contributed by atoms with Crippen molar-refractivity contribution in [2.45, 2.75) is 6.92 Å².